The fraction of sp³-hybridized carbons (Fsp3) is 0.385. The van der Waals surface area contributed by atoms with Crippen molar-refractivity contribution >= 4 is 0 Å². The van der Waals surface area contributed by atoms with Crippen molar-refractivity contribution in [3.63, 3.8) is 0 Å². The van der Waals surface area contributed by atoms with Gasteiger partial charge in [-0.05, 0) is 6.07 Å². The highest BCUT2D eigenvalue weighted by molar-refractivity contribution is 5.40. The van der Waals surface area contributed by atoms with Crippen molar-refractivity contribution in [2.45, 2.75) is 18.4 Å². The molecule has 1 aromatic carbocycles. The van der Waals surface area contributed by atoms with Crippen LogP contribution in [0.15, 0.2) is 30.6 Å². The minimum Gasteiger partial charge on any atom is -0.493 e. The lowest BCUT2D eigenvalue weighted by Crippen LogP contribution is -2.42. The number of para-hydroxylation sites is 1. The zero-order chi connectivity index (χ0) is 13.2. The van der Waals surface area contributed by atoms with E-state index >= 15 is 0 Å². The summed E-state index contributed by atoms with van der Waals surface area (Å²) in [5.74, 6) is 7.81. The number of ether oxygens (including phenoxy) is 1. The normalized spacial score (nSPS) is 18.9. The molecule has 6 nitrogen and oxygen atoms in total. The number of nitrogens with one attached hydrogen (secondary N) is 1. The van der Waals surface area contributed by atoms with Crippen LogP contribution in [0.4, 0.5) is 0 Å². The lowest BCUT2D eigenvalue weighted by molar-refractivity contribution is 0.295. The van der Waals surface area contributed by atoms with E-state index in [1.807, 2.05) is 25.2 Å². The van der Waals surface area contributed by atoms with E-state index in [1.165, 1.54) is 5.56 Å². The van der Waals surface area contributed by atoms with Crippen molar-refractivity contribution in [1.82, 2.24) is 20.2 Å². The van der Waals surface area contributed by atoms with E-state index < -0.39 is 0 Å². The number of benzene rings is 1. The molecular formula is C13H17N5O. The predicted octanol–water partition coefficient (Wildman–Crippen LogP) is 0.366. The lowest BCUT2D eigenvalue weighted by atomic mass is 9.91. The summed E-state index contributed by atoms with van der Waals surface area (Å²) in [6, 6.07) is 8.16. The molecule has 3 rings (SSSR count). The molecule has 1 aromatic heterocycles. The Morgan fingerprint density at radius 3 is 3.11 bits per heavy atom. The Kier molecular flexibility index (Phi) is 3.18. The molecule has 2 unspecified atom stereocenters. The maximum Gasteiger partial charge on any atom is 0.138 e. The zero-order valence-electron chi connectivity index (χ0n) is 10.8. The SMILES string of the molecule is Cn1ncnc1CC(NN)C1COc2ccccc21. The number of aryl methyl sites for hydroxylation is 1. The number of rotatable bonds is 4. The molecule has 0 saturated heterocycles. The lowest BCUT2D eigenvalue weighted by Gasteiger charge is -2.21. The van der Waals surface area contributed by atoms with Gasteiger partial charge in [0.15, 0.2) is 0 Å². The molecule has 0 bridgehead atoms. The highest BCUT2D eigenvalue weighted by Gasteiger charge is 2.31. The molecule has 100 valence electrons. The first-order chi connectivity index (χ1) is 9.29. The van der Waals surface area contributed by atoms with Crippen molar-refractivity contribution in [2.24, 2.45) is 12.9 Å². The second kappa shape index (κ2) is 4.99. The van der Waals surface area contributed by atoms with E-state index in [0.29, 0.717) is 6.61 Å². The summed E-state index contributed by atoms with van der Waals surface area (Å²) in [6.45, 7) is 0.645. The molecule has 0 fully saturated rings. The Morgan fingerprint density at radius 1 is 1.53 bits per heavy atom. The average molecular weight is 259 g/mol. The Labute approximate surface area is 111 Å². The first-order valence-electron chi connectivity index (χ1n) is 6.30. The van der Waals surface area contributed by atoms with E-state index in [9.17, 15) is 0 Å². The van der Waals surface area contributed by atoms with E-state index in [-0.39, 0.29) is 12.0 Å². The number of aromatic nitrogens is 3. The number of fused-ring (bicyclic) bond motifs is 1. The van der Waals surface area contributed by atoms with Gasteiger partial charge in [-0.15, -0.1) is 0 Å². The van der Waals surface area contributed by atoms with Crippen LogP contribution in [0, 0.1) is 0 Å². The summed E-state index contributed by atoms with van der Waals surface area (Å²) >= 11 is 0. The average Bonchev–Trinajstić information content (AvgIpc) is 3.03. The van der Waals surface area contributed by atoms with E-state index in [2.05, 4.69) is 21.6 Å². The van der Waals surface area contributed by atoms with Gasteiger partial charge in [0, 0.05) is 31.0 Å². The summed E-state index contributed by atoms with van der Waals surface area (Å²) < 4.78 is 7.47. The quantitative estimate of drug-likeness (QED) is 0.612. The van der Waals surface area contributed by atoms with Crippen LogP contribution in [-0.4, -0.2) is 27.4 Å². The van der Waals surface area contributed by atoms with Crippen LogP contribution in [0.2, 0.25) is 0 Å². The molecule has 0 saturated carbocycles. The van der Waals surface area contributed by atoms with Gasteiger partial charge in [-0.2, -0.15) is 5.10 Å². The van der Waals surface area contributed by atoms with Crippen LogP contribution in [0.3, 0.4) is 0 Å². The van der Waals surface area contributed by atoms with Gasteiger partial charge in [-0.1, -0.05) is 18.2 Å². The molecular weight excluding hydrogens is 242 g/mol. The molecule has 0 spiro atoms. The van der Waals surface area contributed by atoms with Gasteiger partial charge in [-0.3, -0.25) is 16.0 Å². The molecule has 0 aliphatic carbocycles. The third kappa shape index (κ3) is 2.20. The molecule has 3 N–H and O–H groups in total. The molecule has 6 heteroatoms. The third-order valence-electron chi connectivity index (χ3n) is 3.64. The third-order valence-corrected chi connectivity index (χ3v) is 3.64. The zero-order valence-corrected chi connectivity index (χ0v) is 10.8. The first-order valence-corrected chi connectivity index (χ1v) is 6.30. The minimum absolute atomic E-state index is 0.0755. The van der Waals surface area contributed by atoms with Gasteiger partial charge < -0.3 is 4.74 Å². The Bertz CT molecular complexity index is 568. The van der Waals surface area contributed by atoms with Crippen molar-refractivity contribution in [3.05, 3.63) is 42.0 Å². The maximum atomic E-state index is 5.71. The second-order valence-corrected chi connectivity index (χ2v) is 4.73. The van der Waals surface area contributed by atoms with Crippen LogP contribution in [0.1, 0.15) is 17.3 Å². The number of hydrogen-bond donors (Lipinski definition) is 2. The summed E-state index contributed by atoms with van der Waals surface area (Å²) in [6.07, 6.45) is 2.28. The van der Waals surface area contributed by atoms with E-state index in [4.69, 9.17) is 10.6 Å². The van der Waals surface area contributed by atoms with Crippen molar-refractivity contribution in [3.8, 4) is 5.75 Å². The van der Waals surface area contributed by atoms with Gasteiger partial charge in [-0.25, -0.2) is 4.98 Å². The molecule has 2 atom stereocenters. The molecule has 0 radical (unpaired) electrons. The summed E-state index contributed by atoms with van der Waals surface area (Å²) in [5, 5.41) is 4.08. The monoisotopic (exact) mass is 259 g/mol. The minimum atomic E-state index is 0.0755. The van der Waals surface area contributed by atoms with Crippen molar-refractivity contribution < 1.29 is 4.74 Å². The smallest absolute Gasteiger partial charge is 0.138 e. The van der Waals surface area contributed by atoms with E-state index in [0.717, 1.165) is 18.0 Å². The Balaban J connectivity index is 1.82. The first kappa shape index (κ1) is 12.1. The van der Waals surface area contributed by atoms with Gasteiger partial charge in [0.2, 0.25) is 0 Å². The molecule has 1 aliphatic rings. The summed E-state index contributed by atoms with van der Waals surface area (Å²) in [7, 11) is 1.88. The topological polar surface area (TPSA) is 78.0 Å². The fourth-order valence-corrected chi connectivity index (χ4v) is 2.54. The summed E-state index contributed by atoms with van der Waals surface area (Å²) in [5.41, 5.74) is 4.09. The largest absolute Gasteiger partial charge is 0.493 e. The highest BCUT2D eigenvalue weighted by atomic mass is 16.5. The van der Waals surface area contributed by atoms with Crippen LogP contribution in [0.5, 0.6) is 5.75 Å². The van der Waals surface area contributed by atoms with Crippen molar-refractivity contribution in [1.29, 1.82) is 0 Å². The van der Waals surface area contributed by atoms with Crippen LogP contribution >= 0.6 is 0 Å². The van der Waals surface area contributed by atoms with Gasteiger partial charge in [0.25, 0.3) is 0 Å². The number of hydrazine groups is 1. The van der Waals surface area contributed by atoms with Gasteiger partial charge in [0.05, 0.1) is 6.61 Å². The van der Waals surface area contributed by atoms with Crippen LogP contribution < -0.4 is 16.0 Å². The summed E-state index contributed by atoms with van der Waals surface area (Å²) in [4.78, 5) is 4.25. The molecule has 0 amide bonds. The Hall–Kier alpha value is -1.92. The fourth-order valence-electron chi connectivity index (χ4n) is 2.54. The molecule has 1 aliphatic heterocycles. The molecule has 19 heavy (non-hydrogen) atoms. The second-order valence-electron chi connectivity index (χ2n) is 4.73. The predicted molar refractivity (Wildman–Crippen MR) is 70.5 cm³/mol. The van der Waals surface area contributed by atoms with Gasteiger partial charge in [0.1, 0.15) is 17.9 Å². The van der Waals surface area contributed by atoms with Gasteiger partial charge >= 0.3 is 0 Å². The maximum absolute atomic E-state index is 5.71. The number of nitrogens with two attached hydrogens (primary N) is 1. The highest BCUT2D eigenvalue weighted by Crippen LogP contribution is 2.35. The Morgan fingerprint density at radius 2 is 2.37 bits per heavy atom. The van der Waals surface area contributed by atoms with Crippen molar-refractivity contribution in [2.75, 3.05) is 6.61 Å². The van der Waals surface area contributed by atoms with Crippen LogP contribution in [-0.2, 0) is 13.5 Å². The number of nitrogens with zero attached hydrogens (tertiary/aromatic N) is 3. The van der Waals surface area contributed by atoms with E-state index in [1.54, 1.807) is 11.0 Å². The molecule has 2 heterocycles. The number of hydrogen-bond acceptors (Lipinski definition) is 5. The molecule has 2 aromatic rings. The van der Waals surface area contributed by atoms with Crippen LogP contribution in [0.25, 0.3) is 0 Å². The standard InChI is InChI=1S/C13H17N5O/c1-18-13(15-8-16-18)6-11(17-14)10-7-19-12-5-3-2-4-9(10)12/h2-5,8,10-11,17H,6-7,14H2,1H3.